The maximum Gasteiger partial charge on any atom is 0.229 e. The summed E-state index contributed by atoms with van der Waals surface area (Å²) in [5.74, 6) is -2.86. The molecule has 2 saturated heterocycles. The molecule has 0 bridgehead atoms. The van der Waals surface area contributed by atoms with Crippen molar-refractivity contribution in [1.82, 2.24) is 16.0 Å². The van der Waals surface area contributed by atoms with Crippen LogP contribution in [-0.2, 0) is 14.4 Å². The first kappa shape index (κ1) is 22.7. The van der Waals surface area contributed by atoms with Crippen LogP contribution in [0.5, 0.6) is 0 Å². The van der Waals surface area contributed by atoms with E-state index >= 15 is 0 Å². The average molecular weight is 497 g/mol. The number of fused-ring (bicyclic) bond motifs is 1. The Morgan fingerprint density at radius 1 is 1.03 bits per heavy atom. The van der Waals surface area contributed by atoms with Crippen LogP contribution in [0.15, 0.2) is 36.4 Å². The highest BCUT2D eigenvalue weighted by molar-refractivity contribution is 6.35. The molecule has 32 heavy (non-hydrogen) atoms. The second kappa shape index (κ2) is 9.15. The quantitative estimate of drug-likeness (QED) is 0.447. The molecule has 4 rings (SSSR count). The molecule has 0 radical (unpaired) electrons. The lowest BCUT2D eigenvalue weighted by Crippen LogP contribution is -2.72. The number of amides is 3. The van der Waals surface area contributed by atoms with Gasteiger partial charge in [0.2, 0.25) is 17.7 Å². The summed E-state index contributed by atoms with van der Waals surface area (Å²) in [6, 6.07) is 10.1. The molecule has 4 atom stereocenters. The lowest BCUT2D eigenvalue weighted by atomic mass is 9.81. The van der Waals surface area contributed by atoms with Crippen molar-refractivity contribution in [3.05, 3.63) is 57.0 Å². The fourth-order valence-electron chi connectivity index (χ4n) is 3.90. The Kier molecular flexibility index (Phi) is 6.48. The lowest BCUT2D eigenvalue weighted by molar-refractivity contribution is -0.144. The van der Waals surface area contributed by atoms with Crippen LogP contribution in [0.25, 0.3) is 0 Å². The summed E-state index contributed by atoms with van der Waals surface area (Å²) in [7, 11) is 0. The zero-order chi connectivity index (χ0) is 23.0. The summed E-state index contributed by atoms with van der Waals surface area (Å²) >= 11 is 18.3. The van der Waals surface area contributed by atoms with E-state index < -0.39 is 30.2 Å². The first-order valence-electron chi connectivity index (χ1n) is 9.85. The molecule has 2 heterocycles. The largest absolute Gasteiger partial charge is 0.353 e. The van der Waals surface area contributed by atoms with Gasteiger partial charge in [-0.05, 0) is 42.8 Å². The molecule has 4 unspecified atom stereocenters. The van der Waals surface area contributed by atoms with Gasteiger partial charge in [0.25, 0.3) is 0 Å². The van der Waals surface area contributed by atoms with Crippen molar-refractivity contribution in [2.45, 2.75) is 25.8 Å². The molecule has 168 valence electrons. The highest BCUT2D eigenvalue weighted by Crippen LogP contribution is 2.30. The van der Waals surface area contributed by atoms with Crippen LogP contribution < -0.4 is 26.6 Å². The van der Waals surface area contributed by atoms with Gasteiger partial charge >= 0.3 is 0 Å². The number of carbonyl (C=O) groups is 3. The Morgan fingerprint density at radius 3 is 2.44 bits per heavy atom. The standard InChI is InChI=1S/C21H20Cl3N5O3/c1-9-2-3-15(14(24)4-9)26-19(31)13-8-16(30)27-18-17(13)20(32)29-21(28-18)25-12-6-10(22)5-11(23)7-12/h2-7,13,17-18,21,25,28H,8H2,1H3,(H,26,31)(H,27,30)(H,29,32). The summed E-state index contributed by atoms with van der Waals surface area (Å²) in [5.41, 5.74) is 1.94. The summed E-state index contributed by atoms with van der Waals surface area (Å²) in [6.45, 7) is 1.88. The van der Waals surface area contributed by atoms with Gasteiger partial charge in [0.15, 0.2) is 6.29 Å². The van der Waals surface area contributed by atoms with Gasteiger partial charge in [-0.2, -0.15) is 0 Å². The summed E-state index contributed by atoms with van der Waals surface area (Å²) in [6.07, 6.45) is -1.58. The van der Waals surface area contributed by atoms with E-state index in [-0.39, 0.29) is 18.2 Å². The zero-order valence-electron chi connectivity index (χ0n) is 16.8. The van der Waals surface area contributed by atoms with Gasteiger partial charge in [0.05, 0.1) is 28.7 Å². The normalized spacial score (nSPS) is 24.8. The molecular formula is C21H20Cl3N5O3. The average Bonchev–Trinajstić information content (AvgIpc) is 2.68. The molecule has 0 spiro atoms. The maximum atomic E-state index is 13.0. The Morgan fingerprint density at radius 2 is 1.75 bits per heavy atom. The fourth-order valence-corrected chi connectivity index (χ4v) is 4.71. The van der Waals surface area contributed by atoms with Gasteiger partial charge < -0.3 is 21.3 Å². The second-order valence-corrected chi connectivity index (χ2v) is 9.04. The number of benzene rings is 2. The Labute approximate surface area is 199 Å². The third-order valence-corrected chi connectivity index (χ3v) is 6.09. The van der Waals surface area contributed by atoms with E-state index in [4.69, 9.17) is 34.8 Å². The van der Waals surface area contributed by atoms with Gasteiger partial charge in [-0.25, -0.2) is 0 Å². The van der Waals surface area contributed by atoms with E-state index in [1.165, 1.54) is 0 Å². The van der Waals surface area contributed by atoms with E-state index in [0.717, 1.165) is 5.56 Å². The minimum Gasteiger partial charge on any atom is -0.353 e. The SMILES string of the molecule is Cc1ccc(NC(=O)C2CC(=O)NC3NC(Nc4cc(Cl)cc(Cl)c4)NC(=O)C32)c(Cl)c1. The second-order valence-electron chi connectivity index (χ2n) is 7.76. The number of rotatable bonds is 4. The lowest BCUT2D eigenvalue weighted by Gasteiger charge is -2.43. The Hall–Kier alpha value is -2.52. The molecule has 2 aliphatic heterocycles. The fraction of sp³-hybridized carbons (Fsp3) is 0.286. The van der Waals surface area contributed by atoms with Gasteiger partial charge in [-0.15, -0.1) is 0 Å². The van der Waals surface area contributed by atoms with Gasteiger partial charge in [-0.3, -0.25) is 19.7 Å². The van der Waals surface area contributed by atoms with E-state index in [1.807, 2.05) is 13.0 Å². The van der Waals surface area contributed by atoms with Gasteiger partial charge in [-0.1, -0.05) is 40.9 Å². The molecule has 2 aromatic rings. The van der Waals surface area contributed by atoms with Crippen molar-refractivity contribution in [3.63, 3.8) is 0 Å². The molecule has 0 aliphatic carbocycles. The number of halogens is 3. The molecule has 11 heteroatoms. The van der Waals surface area contributed by atoms with E-state index in [0.29, 0.717) is 26.4 Å². The van der Waals surface area contributed by atoms with Crippen LogP contribution in [0, 0.1) is 18.8 Å². The molecule has 2 fully saturated rings. The van der Waals surface area contributed by atoms with Crippen molar-refractivity contribution in [1.29, 1.82) is 0 Å². The van der Waals surface area contributed by atoms with Crippen LogP contribution in [0.3, 0.4) is 0 Å². The maximum absolute atomic E-state index is 13.0. The number of piperidine rings is 1. The van der Waals surface area contributed by atoms with Crippen LogP contribution in [-0.4, -0.2) is 30.2 Å². The topological polar surface area (TPSA) is 111 Å². The summed E-state index contributed by atoms with van der Waals surface area (Å²) < 4.78 is 0. The zero-order valence-corrected chi connectivity index (χ0v) is 19.1. The predicted octanol–water partition coefficient (Wildman–Crippen LogP) is 3.09. The predicted molar refractivity (Wildman–Crippen MR) is 123 cm³/mol. The van der Waals surface area contributed by atoms with Crippen LogP contribution in [0.2, 0.25) is 15.1 Å². The first-order valence-corrected chi connectivity index (χ1v) is 11.0. The molecule has 3 amide bonds. The smallest absolute Gasteiger partial charge is 0.229 e. The van der Waals surface area contributed by atoms with Gasteiger partial charge in [0, 0.05) is 22.2 Å². The molecule has 8 nitrogen and oxygen atoms in total. The highest BCUT2D eigenvalue weighted by atomic mass is 35.5. The summed E-state index contributed by atoms with van der Waals surface area (Å²) in [4.78, 5) is 38.3. The number of hydrogen-bond donors (Lipinski definition) is 5. The highest BCUT2D eigenvalue weighted by Gasteiger charge is 2.48. The van der Waals surface area contributed by atoms with Crippen molar-refractivity contribution in [2.75, 3.05) is 10.6 Å². The van der Waals surface area contributed by atoms with Crippen LogP contribution in [0.1, 0.15) is 12.0 Å². The molecular weight excluding hydrogens is 477 g/mol. The van der Waals surface area contributed by atoms with E-state index in [2.05, 4.69) is 26.6 Å². The minimum atomic E-state index is -0.875. The van der Waals surface area contributed by atoms with E-state index in [1.54, 1.807) is 30.3 Å². The van der Waals surface area contributed by atoms with Crippen LogP contribution >= 0.6 is 34.8 Å². The number of anilines is 2. The minimum absolute atomic E-state index is 0.117. The molecule has 5 N–H and O–H groups in total. The monoisotopic (exact) mass is 495 g/mol. The van der Waals surface area contributed by atoms with Crippen molar-refractivity contribution < 1.29 is 14.4 Å². The van der Waals surface area contributed by atoms with Crippen molar-refractivity contribution in [3.8, 4) is 0 Å². The first-order chi connectivity index (χ1) is 15.2. The number of hydrogen-bond acceptors (Lipinski definition) is 5. The van der Waals surface area contributed by atoms with Crippen LogP contribution in [0.4, 0.5) is 11.4 Å². The van der Waals surface area contributed by atoms with E-state index in [9.17, 15) is 14.4 Å². The molecule has 2 aliphatic rings. The molecule has 0 saturated carbocycles. The number of carbonyl (C=O) groups excluding carboxylic acids is 3. The van der Waals surface area contributed by atoms with Gasteiger partial charge in [0.1, 0.15) is 0 Å². The van der Waals surface area contributed by atoms with Crippen molar-refractivity contribution >= 4 is 63.9 Å². The summed E-state index contributed by atoms with van der Waals surface area (Å²) in [5, 5.41) is 15.7. The number of nitrogens with one attached hydrogen (secondary N) is 5. The van der Waals surface area contributed by atoms with Crippen molar-refractivity contribution in [2.24, 2.45) is 11.8 Å². The third-order valence-electron chi connectivity index (χ3n) is 5.34. The molecule has 0 aromatic heterocycles. The Bertz CT molecular complexity index is 1080. The Balaban J connectivity index is 1.50. The third kappa shape index (κ3) is 4.94. The molecule has 2 aromatic carbocycles. The number of aryl methyl sites for hydroxylation is 1.